The van der Waals surface area contributed by atoms with Gasteiger partial charge in [0.25, 0.3) is 0 Å². The second-order valence-electron chi connectivity index (χ2n) is 6.24. The van der Waals surface area contributed by atoms with Gasteiger partial charge in [-0.25, -0.2) is 0 Å². The molecular formula is C18H23NO2. The molecular weight excluding hydrogens is 262 g/mol. The van der Waals surface area contributed by atoms with E-state index < -0.39 is 0 Å². The molecule has 1 aliphatic rings. The quantitative estimate of drug-likeness (QED) is 0.860. The first-order valence-corrected chi connectivity index (χ1v) is 7.60. The summed E-state index contributed by atoms with van der Waals surface area (Å²) in [7, 11) is 0. The van der Waals surface area contributed by atoms with Gasteiger partial charge in [0.2, 0.25) is 0 Å². The number of ether oxygens (including phenoxy) is 2. The van der Waals surface area contributed by atoms with E-state index in [1.807, 2.05) is 6.07 Å². The zero-order valence-corrected chi connectivity index (χ0v) is 12.8. The molecule has 1 aliphatic heterocycles. The molecule has 1 saturated heterocycles. The predicted molar refractivity (Wildman–Crippen MR) is 85.9 cm³/mol. The van der Waals surface area contributed by atoms with Crippen molar-refractivity contribution in [1.82, 2.24) is 4.90 Å². The average Bonchev–Trinajstić information content (AvgIpc) is 2.46. The Morgan fingerprint density at radius 2 is 1.95 bits per heavy atom. The van der Waals surface area contributed by atoms with Crippen LogP contribution in [0, 0.1) is 0 Å². The third kappa shape index (κ3) is 3.74. The van der Waals surface area contributed by atoms with Crippen LogP contribution in [-0.2, 0) is 4.74 Å². The van der Waals surface area contributed by atoms with Crippen LogP contribution in [0.1, 0.15) is 13.8 Å². The molecule has 0 amide bonds. The van der Waals surface area contributed by atoms with E-state index in [2.05, 4.69) is 55.1 Å². The summed E-state index contributed by atoms with van der Waals surface area (Å²) < 4.78 is 11.6. The Morgan fingerprint density at radius 1 is 1.14 bits per heavy atom. The van der Waals surface area contributed by atoms with Gasteiger partial charge in [-0.2, -0.15) is 0 Å². The second-order valence-corrected chi connectivity index (χ2v) is 6.24. The first-order valence-electron chi connectivity index (χ1n) is 7.60. The van der Waals surface area contributed by atoms with Gasteiger partial charge in [-0.1, -0.05) is 30.3 Å². The highest BCUT2D eigenvalue weighted by atomic mass is 16.5. The summed E-state index contributed by atoms with van der Waals surface area (Å²) in [6.45, 7) is 8.71. The Morgan fingerprint density at radius 3 is 2.76 bits per heavy atom. The molecule has 0 unspecified atom stereocenters. The standard InChI is InChI=1S/C18H23NO2/c1-18(2)14-19(10-12-21-18)9-11-20-17-8-7-15-5-3-4-6-16(15)13-17/h3-8,13H,9-12,14H2,1-2H3. The van der Waals surface area contributed by atoms with Gasteiger partial charge in [-0.05, 0) is 36.8 Å². The van der Waals surface area contributed by atoms with Crippen LogP contribution < -0.4 is 4.74 Å². The van der Waals surface area contributed by atoms with E-state index >= 15 is 0 Å². The predicted octanol–water partition coefficient (Wildman–Crippen LogP) is 3.33. The maximum atomic E-state index is 5.90. The van der Waals surface area contributed by atoms with Gasteiger partial charge in [-0.3, -0.25) is 4.90 Å². The Kier molecular flexibility index (Phi) is 4.13. The molecule has 3 heteroatoms. The van der Waals surface area contributed by atoms with E-state index in [1.54, 1.807) is 0 Å². The highest BCUT2D eigenvalue weighted by Gasteiger charge is 2.26. The Balaban J connectivity index is 1.54. The number of benzene rings is 2. The van der Waals surface area contributed by atoms with Crippen LogP contribution in [0.25, 0.3) is 10.8 Å². The Hall–Kier alpha value is -1.58. The lowest BCUT2D eigenvalue weighted by molar-refractivity contribution is -0.0875. The maximum Gasteiger partial charge on any atom is 0.120 e. The zero-order chi connectivity index (χ0) is 14.7. The molecule has 21 heavy (non-hydrogen) atoms. The number of morpholine rings is 1. The Labute approximate surface area is 126 Å². The van der Waals surface area contributed by atoms with Crippen molar-refractivity contribution in [2.75, 3.05) is 32.8 Å². The summed E-state index contributed by atoms with van der Waals surface area (Å²) in [4.78, 5) is 2.41. The van der Waals surface area contributed by atoms with Gasteiger partial charge in [0, 0.05) is 19.6 Å². The van der Waals surface area contributed by atoms with E-state index in [-0.39, 0.29) is 5.60 Å². The molecule has 0 saturated carbocycles. The summed E-state index contributed by atoms with van der Waals surface area (Å²) in [5.74, 6) is 0.946. The zero-order valence-electron chi connectivity index (χ0n) is 12.8. The summed E-state index contributed by atoms with van der Waals surface area (Å²) in [5.41, 5.74) is -0.0405. The molecule has 0 aliphatic carbocycles. The van der Waals surface area contributed by atoms with Gasteiger partial charge in [0.15, 0.2) is 0 Å². The molecule has 0 radical (unpaired) electrons. The van der Waals surface area contributed by atoms with Crippen molar-refractivity contribution in [3.63, 3.8) is 0 Å². The molecule has 0 aromatic heterocycles. The lowest BCUT2D eigenvalue weighted by Gasteiger charge is -2.38. The largest absolute Gasteiger partial charge is 0.492 e. The fourth-order valence-electron chi connectivity index (χ4n) is 2.85. The average molecular weight is 285 g/mol. The maximum absolute atomic E-state index is 5.90. The molecule has 2 aromatic carbocycles. The topological polar surface area (TPSA) is 21.7 Å². The van der Waals surface area contributed by atoms with Crippen LogP contribution in [0.5, 0.6) is 5.75 Å². The molecule has 1 fully saturated rings. The van der Waals surface area contributed by atoms with Crippen molar-refractivity contribution in [1.29, 1.82) is 0 Å². The number of hydrogen-bond donors (Lipinski definition) is 0. The monoisotopic (exact) mass is 285 g/mol. The first-order chi connectivity index (χ1) is 10.1. The van der Waals surface area contributed by atoms with Crippen LogP contribution in [0.2, 0.25) is 0 Å². The highest BCUT2D eigenvalue weighted by molar-refractivity contribution is 5.83. The highest BCUT2D eigenvalue weighted by Crippen LogP contribution is 2.21. The van der Waals surface area contributed by atoms with Crippen LogP contribution in [0.3, 0.4) is 0 Å². The summed E-state index contributed by atoms with van der Waals surface area (Å²) in [6.07, 6.45) is 0. The summed E-state index contributed by atoms with van der Waals surface area (Å²) in [5, 5.41) is 2.47. The number of nitrogens with zero attached hydrogens (tertiary/aromatic N) is 1. The first kappa shape index (κ1) is 14.4. The lowest BCUT2D eigenvalue weighted by atomic mass is 10.1. The van der Waals surface area contributed by atoms with Crippen LogP contribution in [-0.4, -0.2) is 43.3 Å². The number of hydrogen-bond acceptors (Lipinski definition) is 3. The molecule has 1 heterocycles. The SMILES string of the molecule is CC1(C)CN(CCOc2ccc3ccccc3c2)CCO1. The molecule has 0 N–H and O–H groups in total. The van der Waals surface area contributed by atoms with Crippen molar-refractivity contribution in [3.8, 4) is 5.75 Å². The minimum Gasteiger partial charge on any atom is -0.492 e. The van der Waals surface area contributed by atoms with E-state index in [1.165, 1.54) is 10.8 Å². The molecule has 0 bridgehead atoms. The minimum absolute atomic E-state index is 0.0405. The molecule has 2 aromatic rings. The third-order valence-corrected chi connectivity index (χ3v) is 3.90. The van der Waals surface area contributed by atoms with E-state index in [0.29, 0.717) is 6.61 Å². The van der Waals surface area contributed by atoms with E-state index in [4.69, 9.17) is 9.47 Å². The van der Waals surface area contributed by atoms with Crippen molar-refractivity contribution >= 4 is 10.8 Å². The van der Waals surface area contributed by atoms with Crippen molar-refractivity contribution in [3.05, 3.63) is 42.5 Å². The fourth-order valence-corrected chi connectivity index (χ4v) is 2.85. The number of rotatable bonds is 4. The van der Waals surface area contributed by atoms with Crippen LogP contribution in [0.4, 0.5) is 0 Å². The molecule has 3 nitrogen and oxygen atoms in total. The van der Waals surface area contributed by atoms with Crippen LogP contribution in [0.15, 0.2) is 42.5 Å². The van der Waals surface area contributed by atoms with Gasteiger partial charge in [0.1, 0.15) is 12.4 Å². The normalized spacial score (nSPS) is 18.8. The minimum atomic E-state index is -0.0405. The molecule has 0 spiro atoms. The lowest BCUT2D eigenvalue weighted by Crippen LogP contribution is -2.49. The van der Waals surface area contributed by atoms with Crippen LogP contribution >= 0.6 is 0 Å². The second kappa shape index (κ2) is 6.04. The van der Waals surface area contributed by atoms with E-state index in [0.717, 1.165) is 32.0 Å². The third-order valence-electron chi connectivity index (χ3n) is 3.90. The smallest absolute Gasteiger partial charge is 0.120 e. The fraction of sp³-hybridized carbons (Fsp3) is 0.444. The van der Waals surface area contributed by atoms with E-state index in [9.17, 15) is 0 Å². The summed E-state index contributed by atoms with van der Waals surface area (Å²) in [6, 6.07) is 14.6. The van der Waals surface area contributed by atoms with Gasteiger partial charge in [0.05, 0.1) is 12.2 Å². The van der Waals surface area contributed by atoms with Crippen molar-refractivity contribution in [2.24, 2.45) is 0 Å². The molecule has 3 rings (SSSR count). The van der Waals surface area contributed by atoms with Gasteiger partial charge in [-0.15, -0.1) is 0 Å². The number of fused-ring (bicyclic) bond motifs is 1. The summed E-state index contributed by atoms with van der Waals surface area (Å²) >= 11 is 0. The van der Waals surface area contributed by atoms with Crippen molar-refractivity contribution in [2.45, 2.75) is 19.4 Å². The van der Waals surface area contributed by atoms with Gasteiger partial charge < -0.3 is 9.47 Å². The van der Waals surface area contributed by atoms with Crippen molar-refractivity contribution < 1.29 is 9.47 Å². The Bertz CT molecular complexity index is 609. The van der Waals surface area contributed by atoms with Gasteiger partial charge >= 0.3 is 0 Å². The molecule has 0 atom stereocenters. The molecule has 112 valence electrons.